The molecule has 0 saturated carbocycles. The van der Waals surface area contributed by atoms with Gasteiger partial charge in [-0.2, -0.15) is 5.10 Å². The lowest BCUT2D eigenvalue weighted by molar-refractivity contribution is 0.642. The molecule has 0 aliphatic heterocycles. The van der Waals surface area contributed by atoms with Gasteiger partial charge in [0.15, 0.2) is 0 Å². The third-order valence-electron chi connectivity index (χ3n) is 3.25. The zero-order valence-electron chi connectivity index (χ0n) is 11.2. The van der Waals surface area contributed by atoms with Crippen molar-refractivity contribution in [3.05, 3.63) is 42.0 Å². The first-order valence-electron chi connectivity index (χ1n) is 6.55. The van der Waals surface area contributed by atoms with Crippen molar-refractivity contribution in [1.82, 2.24) is 14.3 Å². The number of hydrogen-bond donors (Lipinski definition) is 1. The van der Waals surface area contributed by atoms with Crippen LogP contribution in [0.5, 0.6) is 0 Å². The summed E-state index contributed by atoms with van der Waals surface area (Å²) in [6.45, 7) is 3.12. The molecule has 0 aliphatic carbocycles. The molecule has 98 valence electrons. The Labute approximate surface area is 108 Å². The lowest BCUT2D eigenvalue weighted by Gasteiger charge is -2.06. The second kappa shape index (κ2) is 5.87. The van der Waals surface area contributed by atoms with Crippen molar-refractivity contribution in [3.63, 3.8) is 0 Å². The van der Waals surface area contributed by atoms with Crippen LogP contribution in [0.15, 0.2) is 30.9 Å². The van der Waals surface area contributed by atoms with Gasteiger partial charge in [0.2, 0.25) is 0 Å². The van der Waals surface area contributed by atoms with E-state index in [9.17, 15) is 0 Å². The zero-order chi connectivity index (χ0) is 13.0. The Morgan fingerprint density at radius 3 is 2.83 bits per heavy atom. The third kappa shape index (κ3) is 3.47. The molecule has 2 N–H and O–H groups in total. The molecular formula is C14H22N4. The Bertz CT molecular complexity index is 483. The highest BCUT2D eigenvalue weighted by molar-refractivity contribution is 5.12. The van der Waals surface area contributed by atoms with Gasteiger partial charge in [0.1, 0.15) is 0 Å². The van der Waals surface area contributed by atoms with Crippen molar-refractivity contribution < 1.29 is 0 Å². The van der Waals surface area contributed by atoms with Gasteiger partial charge in [0.25, 0.3) is 0 Å². The first kappa shape index (κ1) is 12.9. The molecular weight excluding hydrogens is 224 g/mol. The van der Waals surface area contributed by atoms with Gasteiger partial charge in [0.05, 0.1) is 6.20 Å². The van der Waals surface area contributed by atoms with Crippen molar-refractivity contribution in [2.45, 2.75) is 38.8 Å². The van der Waals surface area contributed by atoms with Crippen molar-refractivity contribution in [3.8, 4) is 0 Å². The van der Waals surface area contributed by atoms with E-state index in [4.69, 9.17) is 5.73 Å². The molecule has 0 spiro atoms. The van der Waals surface area contributed by atoms with Crippen molar-refractivity contribution in [2.75, 3.05) is 0 Å². The molecule has 0 aliphatic rings. The zero-order valence-corrected chi connectivity index (χ0v) is 11.2. The molecule has 0 fully saturated rings. The molecule has 18 heavy (non-hydrogen) atoms. The fourth-order valence-electron chi connectivity index (χ4n) is 2.06. The molecule has 0 radical (unpaired) electrons. The van der Waals surface area contributed by atoms with E-state index in [-0.39, 0.29) is 6.04 Å². The summed E-state index contributed by atoms with van der Waals surface area (Å²) in [5.41, 5.74) is 8.57. The second-order valence-corrected chi connectivity index (χ2v) is 4.90. The summed E-state index contributed by atoms with van der Waals surface area (Å²) in [5, 5.41) is 4.18. The van der Waals surface area contributed by atoms with Crippen LogP contribution >= 0.6 is 0 Å². The average molecular weight is 246 g/mol. The third-order valence-corrected chi connectivity index (χ3v) is 3.25. The van der Waals surface area contributed by atoms with Crippen LogP contribution < -0.4 is 5.73 Å². The molecule has 4 nitrogen and oxygen atoms in total. The normalized spacial score (nSPS) is 12.8. The molecule has 4 heteroatoms. The average Bonchev–Trinajstić information content (AvgIpc) is 2.96. The van der Waals surface area contributed by atoms with Crippen molar-refractivity contribution in [2.24, 2.45) is 12.8 Å². The number of nitrogens with zero attached hydrogens (tertiary/aromatic N) is 3. The van der Waals surface area contributed by atoms with Gasteiger partial charge in [-0.05, 0) is 36.5 Å². The molecule has 2 aromatic rings. The standard InChI is InChI=1S/C14H22N4/c1-3-14(15)8-12-4-6-18(11-12)7-5-13-9-16-17(2)10-13/h4,6,9-11,14H,3,5,7-8,15H2,1-2H3. The van der Waals surface area contributed by atoms with E-state index in [1.807, 2.05) is 17.9 Å². The Morgan fingerprint density at radius 1 is 1.33 bits per heavy atom. The van der Waals surface area contributed by atoms with Gasteiger partial charge in [-0.25, -0.2) is 0 Å². The van der Waals surface area contributed by atoms with Crippen molar-refractivity contribution >= 4 is 0 Å². The number of aryl methyl sites for hydroxylation is 3. The SMILES string of the molecule is CCC(N)Cc1ccn(CCc2cnn(C)c2)c1. The smallest absolute Gasteiger partial charge is 0.0522 e. The van der Waals surface area contributed by atoms with Crippen molar-refractivity contribution in [1.29, 1.82) is 0 Å². The van der Waals surface area contributed by atoms with Crippen LogP contribution in [0.4, 0.5) is 0 Å². The number of rotatable bonds is 6. The van der Waals surface area contributed by atoms with Gasteiger partial charge in [-0.3, -0.25) is 4.68 Å². The lowest BCUT2D eigenvalue weighted by atomic mass is 10.1. The van der Waals surface area contributed by atoms with Crippen LogP contribution in [0.3, 0.4) is 0 Å². The molecule has 0 saturated heterocycles. The maximum absolute atomic E-state index is 5.96. The van der Waals surface area contributed by atoms with E-state index in [0.29, 0.717) is 0 Å². The highest BCUT2D eigenvalue weighted by Gasteiger charge is 2.03. The number of hydrogen-bond acceptors (Lipinski definition) is 2. The predicted octanol–water partition coefficient (Wildman–Crippen LogP) is 1.74. The molecule has 2 rings (SSSR count). The maximum Gasteiger partial charge on any atom is 0.0522 e. The van der Waals surface area contributed by atoms with Gasteiger partial charge in [0, 0.05) is 38.2 Å². The van der Waals surface area contributed by atoms with Gasteiger partial charge < -0.3 is 10.3 Å². The fraction of sp³-hybridized carbons (Fsp3) is 0.500. The number of nitrogens with two attached hydrogens (primary N) is 1. The first-order chi connectivity index (χ1) is 8.67. The highest BCUT2D eigenvalue weighted by atomic mass is 15.2. The molecule has 2 heterocycles. The maximum atomic E-state index is 5.96. The first-order valence-corrected chi connectivity index (χ1v) is 6.55. The van der Waals surface area contributed by atoms with Crippen LogP contribution in [0.2, 0.25) is 0 Å². The predicted molar refractivity (Wildman–Crippen MR) is 73.3 cm³/mol. The summed E-state index contributed by atoms with van der Waals surface area (Å²) in [5.74, 6) is 0. The monoisotopic (exact) mass is 246 g/mol. The minimum Gasteiger partial charge on any atom is -0.354 e. The Hall–Kier alpha value is -1.55. The summed E-state index contributed by atoms with van der Waals surface area (Å²) in [6.07, 6.45) is 11.3. The molecule has 1 unspecified atom stereocenters. The van der Waals surface area contributed by atoms with Crippen LogP contribution in [0.1, 0.15) is 24.5 Å². The van der Waals surface area contributed by atoms with Gasteiger partial charge >= 0.3 is 0 Å². The fourth-order valence-corrected chi connectivity index (χ4v) is 2.06. The van der Waals surface area contributed by atoms with Crippen LogP contribution in [0, 0.1) is 0 Å². The molecule has 0 aromatic carbocycles. The van der Waals surface area contributed by atoms with Crippen LogP contribution in [0.25, 0.3) is 0 Å². The highest BCUT2D eigenvalue weighted by Crippen LogP contribution is 2.07. The van der Waals surface area contributed by atoms with E-state index in [0.717, 1.165) is 25.8 Å². The van der Waals surface area contributed by atoms with E-state index in [1.54, 1.807) is 0 Å². The molecule has 0 bridgehead atoms. The van der Waals surface area contributed by atoms with Gasteiger partial charge in [-0.1, -0.05) is 6.92 Å². The molecule has 2 aromatic heterocycles. The Balaban J connectivity index is 1.86. The Morgan fingerprint density at radius 2 is 2.17 bits per heavy atom. The van der Waals surface area contributed by atoms with E-state index >= 15 is 0 Å². The van der Waals surface area contributed by atoms with E-state index in [2.05, 4.69) is 41.2 Å². The summed E-state index contributed by atoms with van der Waals surface area (Å²) in [4.78, 5) is 0. The summed E-state index contributed by atoms with van der Waals surface area (Å²) < 4.78 is 4.07. The summed E-state index contributed by atoms with van der Waals surface area (Å²) >= 11 is 0. The minimum atomic E-state index is 0.277. The quantitative estimate of drug-likeness (QED) is 0.844. The summed E-state index contributed by atoms with van der Waals surface area (Å²) in [6, 6.07) is 2.44. The van der Waals surface area contributed by atoms with E-state index in [1.165, 1.54) is 11.1 Å². The second-order valence-electron chi connectivity index (χ2n) is 4.90. The lowest BCUT2D eigenvalue weighted by Crippen LogP contribution is -2.21. The van der Waals surface area contributed by atoms with E-state index < -0.39 is 0 Å². The van der Waals surface area contributed by atoms with Gasteiger partial charge in [-0.15, -0.1) is 0 Å². The topological polar surface area (TPSA) is 48.8 Å². The number of aromatic nitrogens is 3. The minimum absolute atomic E-state index is 0.277. The summed E-state index contributed by atoms with van der Waals surface area (Å²) in [7, 11) is 1.95. The molecule has 0 amide bonds. The van der Waals surface area contributed by atoms with Crippen LogP contribution in [-0.2, 0) is 26.4 Å². The molecule has 1 atom stereocenters. The van der Waals surface area contributed by atoms with Crippen LogP contribution in [-0.4, -0.2) is 20.4 Å². The Kier molecular flexibility index (Phi) is 4.20. The largest absolute Gasteiger partial charge is 0.354 e.